The summed E-state index contributed by atoms with van der Waals surface area (Å²) in [6, 6.07) is 22.1. The number of rotatable bonds is 3. The second-order valence-electron chi connectivity index (χ2n) is 8.79. The Hall–Kier alpha value is -3.71. The van der Waals surface area contributed by atoms with Gasteiger partial charge in [-0.1, -0.05) is 48.2 Å². The van der Waals surface area contributed by atoms with Crippen molar-refractivity contribution in [2.75, 3.05) is 0 Å². The van der Waals surface area contributed by atoms with Crippen molar-refractivity contribution in [3.63, 3.8) is 0 Å². The molecule has 0 unspecified atom stereocenters. The molecule has 0 saturated carbocycles. The second kappa shape index (κ2) is 11.4. The molecule has 4 aromatic heterocycles. The molecule has 6 nitrogen and oxygen atoms in total. The number of hydrogen-bond donors (Lipinski definition) is 1. The number of pyridine rings is 1. The van der Waals surface area contributed by atoms with Crippen molar-refractivity contribution in [3.05, 3.63) is 90.1 Å². The van der Waals surface area contributed by atoms with Crippen molar-refractivity contribution in [3.8, 4) is 21.7 Å². The molecule has 8 heteroatoms. The first kappa shape index (κ1) is 27.3. The molecule has 0 amide bonds. The first-order chi connectivity index (χ1) is 17.8. The average Bonchev–Trinajstić information content (AvgIpc) is 3.45. The Morgan fingerprint density at radius 1 is 1.03 bits per heavy atom. The van der Waals surface area contributed by atoms with E-state index in [2.05, 4.69) is 51.4 Å². The summed E-state index contributed by atoms with van der Waals surface area (Å²) in [5.74, 6) is -0.0625. The van der Waals surface area contributed by atoms with Crippen LogP contribution in [0, 0.1) is 19.9 Å². The molecule has 0 saturated heterocycles. The molecule has 0 atom stereocenters. The average molecular weight is 699 g/mol. The number of carbonyl (C=O) groups excluding carboxylic acids is 1. The van der Waals surface area contributed by atoms with Crippen molar-refractivity contribution >= 4 is 49.4 Å². The number of aryl methyl sites for hydroxylation is 2. The van der Waals surface area contributed by atoms with E-state index in [1.165, 1.54) is 25.5 Å². The van der Waals surface area contributed by atoms with Gasteiger partial charge in [-0.25, -0.2) is 9.97 Å². The summed E-state index contributed by atoms with van der Waals surface area (Å²) >= 11 is 1.69. The molecule has 0 aliphatic rings. The zero-order valence-electron chi connectivity index (χ0n) is 21.2. The number of carbonyl (C=O) groups is 1. The predicted octanol–water partition coefficient (Wildman–Crippen LogP) is 7.77. The maximum absolute atomic E-state index is 10.0. The van der Waals surface area contributed by atoms with Gasteiger partial charge in [0.15, 0.2) is 5.78 Å². The van der Waals surface area contributed by atoms with Crippen LogP contribution >= 0.6 is 11.3 Å². The normalized spacial score (nSPS) is 11.3. The van der Waals surface area contributed by atoms with Crippen LogP contribution < -0.4 is 0 Å². The third kappa shape index (κ3) is 5.58. The molecule has 0 spiro atoms. The van der Waals surface area contributed by atoms with Crippen LogP contribution in [0.15, 0.2) is 77.2 Å². The van der Waals surface area contributed by atoms with Crippen molar-refractivity contribution in [2.24, 2.45) is 0 Å². The van der Waals surface area contributed by atoms with Gasteiger partial charge in [-0.05, 0) is 44.5 Å². The van der Waals surface area contributed by atoms with E-state index in [0.29, 0.717) is 5.71 Å². The summed E-state index contributed by atoms with van der Waals surface area (Å²) in [4.78, 5) is 24.9. The first-order valence-electron chi connectivity index (χ1n) is 11.7. The quantitative estimate of drug-likeness (QED) is 0.115. The maximum Gasteiger partial charge on any atom is 0.216 e. The number of aliphatic hydroxyl groups excluding tert-OH is 1. The minimum atomic E-state index is -0.125. The number of thiophene rings is 1. The topological polar surface area (TPSA) is 89.1 Å². The Balaban J connectivity index is 0.000000375. The molecular weight excluding hydrogens is 675 g/mol. The SMILES string of the molecule is CC(=O)/C=C(/C)O.Cc1[c-]c(-c2ncnc3cc(-c4ccccc4)sc23)c2oc3nc(C)ccc3c2c1.[Ir]. The Labute approximate surface area is 237 Å². The zero-order chi connectivity index (χ0) is 26.1. The Morgan fingerprint density at radius 2 is 1.79 bits per heavy atom. The number of allylic oxidation sites excluding steroid dienone is 2. The first-order valence-corrected chi connectivity index (χ1v) is 12.5. The number of aromatic nitrogens is 3. The van der Waals surface area contributed by atoms with Crippen LogP contribution in [0.3, 0.4) is 0 Å². The molecule has 0 fully saturated rings. The van der Waals surface area contributed by atoms with Crippen molar-refractivity contribution in [1.82, 2.24) is 15.0 Å². The van der Waals surface area contributed by atoms with Gasteiger partial charge in [0, 0.05) is 52.5 Å². The summed E-state index contributed by atoms with van der Waals surface area (Å²) in [6.45, 7) is 6.86. The van der Waals surface area contributed by atoms with Gasteiger partial charge in [0.2, 0.25) is 5.71 Å². The molecule has 0 aliphatic carbocycles. The van der Waals surface area contributed by atoms with E-state index in [0.717, 1.165) is 54.0 Å². The van der Waals surface area contributed by atoms with Gasteiger partial charge in [0.05, 0.1) is 16.9 Å². The fourth-order valence-electron chi connectivity index (χ4n) is 4.16. The Morgan fingerprint density at radius 3 is 2.47 bits per heavy atom. The van der Waals surface area contributed by atoms with E-state index in [1.807, 2.05) is 38.1 Å². The predicted molar refractivity (Wildman–Crippen MR) is 149 cm³/mol. The number of hydrogen-bond acceptors (Lipinski definition) is 7. The fraction of sp³-hybridized carbons (Fsp3) is 0.133. The minimum absolute atomic E-state index is 0. The Kier molecular flexibility index (Phi) is 8.17. The molecule has 1 radical (unpaired) electrons. The van der Waals surface area contributed by atoms with Crippen LogP contribution in [0.4, 0.5) is 0 Å². The summed E-state index contributed by atoms with van der Waals surface area (Å²) in [6.07, 6.45) is 2.78. The van der Waals surface area contributed by atoms with Gasteiger partial charge in [0.25, 0.3) is 0 Å². The third-order valence-electron chi connectivity index (χ3n) is 5.66. The van der Waals surface area contributed by atoms with Crippen LogP contribution in [0.25, 0.3) is 54.0 Å². The van der Waals surface area contributed by atoms with Gasteiger partial charge in [-0.2, -0.15) is 0 Å². The molecule has 6 aromatic rings. The molecule has 4 heterocycles. The van der Waals surface area contributed by atoms with E-state index < -0.39 is 0 Å². The molecular formula is C30H24IrN3O3S-. The van der Waals surface area contributed by atoms with Gasteiger partial charge < -0.3 is 9.52 Å². The number of ketones is 1. The molecule has 1 N–H and O–H groups in total. The van der Waals surface area contributed by atoms with E-state index in [-0.39, 0.29) is 31.6 Å². The van der Waals surface area contributed by atoms with Crippen LogP contribution in [-0.2, 0) is 24.9 Å². The fourth-order valence-corrected chi connectivity index (χ4v) is 5.28. The van der Waals surface area contributed by atoms with E-state index in [9.17, 15) is 4.79 Å². The van der Waals surface area contributed by atoms with E-state index in [1.54, 1.807) is 17.7 Å². The molecule has 193 valence electrons. The second-order valence-corrected chi connectivity index (χ2v) is 9.84. The van der Waals surface area contributed by atoms with Gasteiger partial charge in [0.1, 0.15) is 6.33 Å². The summed E-state index contributed by atoms with van der Waals surface area (Å²) in [5.41, 5.74) is 7.18. The molecule has 0 bridgehead atoms. The minimum Gasteiger partial charge on any atom is -0.512 e. The van der Waals surface area contributed by atoms with E-state index >= 15 is 0 Å². The smallest absolute Gasteiger partial charge is 0.216 e. The maximum atomic E-state index is 10.0. The van der Waals surface area contributed by atoms with Crippen molar-refractivity contribution in [1.29, 1.82) is 0 Å². The molecule has 38 heavy (non-hydrogen) atoms. The molecule has 0 aliphatic heterocycles. The van der Waals surface area contributed by atoms with Crippen LogP contribution in [-0.4, -0.2) is 25.8 Å². The van der Waals surface area contributed by atoms with Crippen molar-refractivity contribution < 1.29 is 34.4 Å². The van der Waals surface area contributed by atoms with Gasteiger partial charge >= 0.3 is 0 Å². The van der Waals surface area contributed by atoms with Crippen LogP contribution in [0.2, 0.25) is 0 Å². The monoisotopic (exact) mass is 699 g/mol. The van der Waals surface area contributed by atoms with E-state index in [4.69, 9.17) is 9.52 Å². The third-order valence-corrected chi connectivity index (χ3v) is 6.84. The summed E-state index contributed by atoms with van der Waals surface area (Å²) in [7, 11) is 0. The molecule has 2 aromatic carbocycles. The van der Waals surface area contributed by atoms with Gasteiger partial charge in [-0.15, -0.1) is 29.0 Å². The Bertz CT molecular complexity index is 1800. The number of fused-ring (bicyclic) bond motifs is 4. The van der Waals surface area contributed by atoms with Crippen LogP contribution in [0.1, 0.15) is 25.1 Å². The van der Waals surface area contributed by atoms with Crippen molar-refractivity contribution in [2.45, 2.75) is 27.7 Å². The largest absolute Gasteiger partial charge is 0.512 e. The summed E-state index contributed by atoms with van der Waals surface area (Å²) in [5, 5.41) is 10.4. The molecule has 6 rings (SSSR count). The number of aliphatic hydroxyl groups is 1. The number of furan rings is 1. The summed E-state index contributed by atoms with van der Waals surface area (Å²) < 4.78 is 7.25. The number of nitrogens with zero attached hydrogens (tertiary/aromatic N) is 3. The standard InChI is InChI=1S/C25H16N3OS.C5H8O2.Ir/c1-14-10-18-17-9-8-15(2)28-25(17)29-23(18)19(11-14)22-24-20(26-13-27-22)12-21(30-24)16-6-4-3-5-7-16;1-4(6)3-5(2)7;/h3-10,12-13H,1-2H3;3,6H,1-2H3;/q-1;;/b;4-3-;. The van der Waals surface area contributed by atoms with Gasteiger partial charge in [-0.3, -0.25) is 9.78 Å². The zero-order valence-corrected chi connectivity index (χ0v) is 24.4. The number of benzene rings is 2. The van der Waals surface area contributed by atoms with Crippen LogP contribution in [0.5, 0.6) is 0 Å².